The Kier molecular flexibility index (Phi) is 2.32. The van der Waals surface area contributed by atoms with Crippen molar-refractivity contribution in [2.24, 2.45) is 12.8 Å². The molecule has 6 heteroatoms. The lowest BCUT2D eigenvalue weighted by molar-refractivity contribution is 0.0965. The third-order valence-electron chi connectivity index (χ3n) is 1.72. The summed E-state index contributed by atoms with van der Waals surface area (Å²) < 4.78 is 1.54. The fourth-order valence-corrected chi connectivity index (χ4v) is 0.901. The molecule has 0 radical (unpaired) electrons. The molecule has 70 valence electrons. The summed E-state index contributed by atoms with van der Waals surface area (Å²) in [5.74, 6) is -0.530. The molecule has 0 fully saturated rings. The minimum Gasteiger partial charge on any atom is -0.351 e. The summed E-state index contributed by atoms with van der Waals surface area (Å²) in [5.41, 5.74) is 5.82. The largest absolute Gasteiger partial charge is 0.351 e. The van der Waals surface area contributed by atoms with E-state index >= 15 is 0 Å². The summed E-state index contributed by atoms with van der Waals surface area (Å²) in [7, 11) is 1.70. The average Bonchev–Trinajstić information content (AvgIpc) is 2.31. The van der Waals surface area contributed by atoms with Crippen LogP contribution in [0.15, 0.2) is 6.20 Å². The van der Waals surface area contributed by atoms with E-state index < -0.39 is 11.9 Å². The van der Waals surface area contributed by atoms with E-state index in [1.165, 1.54) is 10.9 Å². The number of urea groups is 1. The van der Waals surface area contributed by atoms with Crippen LogP contribution < -0.4 is 11.1 Å². The molecule has 0 bridgehead atoms. The molecule has 0 aromatic carbocycles. The van der Waals surface area contributed by atoms with Gasteiger partial charge in [-0.15, -0.1) is 0 Å². The predicted molar refractivity (Wildman–Crippen MR) is 45.0 cm³/mol. The van der Waals surface area contributed by atoms with Gasteiger partial charge in [-0.05, 0) is 6.92 Å². The zero-order valence-electron chi connectivity index (χ0n) is 7.37. The molecule has 1 heterocycles. The SMILES string of the molecule is Cc1c(C(=O)NC(N)=O)cnn1C. The highest BCUT2D eigenvalue weighted by Crippen LogP contribution is 2.04. The van der Waals surface area contributed by atoms with Crippen LogP contribution >= 0.6 is 0 Å². The van der Waals surface area contributed by atoms with Gasteiger partial charge in [0.05, 0.1) is 11.8 Å². The first-order valence-corrected chi connectivity index (χ1v) is 3.61. The maximum absolute atomic E-state index is 11.2. The van der Waals surface area contributed by atoms with Crippen LogP contribution in [0.25, 0.3) is 0 Å². The number of hydrogen-bond acceptors (Lipinski definition) is 3. The Morgan fingerprint density at radius 3 is 2.62 bits per heavy atom. The van der Waals surface area contributed by atoms with Crippen LogP contribution in [0.5, 0.6) is 0 Å². The number of hydrogen-bond donors (Lipinski definition) is 2. The van der Waals surface area contributed by atoms with Crippen molar-refractivity contribution in [1.82, 2.24) is 15.1 Å². The lowest BCUT2D eigenvalue weighted by Gasteiger charge is -1.99. The van der Waals surface area contributed by atoms with E-state index in [1.54, 1.807) is 14.0 Å². The molecule has 0 saturated carbocycles. The number of carbonyl (C=O) groups is 2. The fraction of sp³-hybridized carbons (Fsp3) is 0.286. The first-order chi connectivity index (χ1) is 6.02. The second-order valence-corrected chi connectivity index (χ2v) is 2.59. The normalized spacial score (nSPS) is 9.69. The monoisotopic (exact) mass is 182 g/mol. The second-order valence-electron chi connectivity index (χ2n) is 2.59. The van der Waals surface area contributed by atoms with Crippen LogP contribution in [0, 0.1) is 6.92 Å². The summed E-state index contributed by atoms with van der Waals surface area (Å²) >= 11 is 0. The molecular weight excluding hydrogens is 172 g/mol. The number of nitrogens with zero attached hydrogens (tertiary/aromatic N) is 2. The maximum Gasteiger partial charge on any atom is 0.319 e. The Morgan fingerprint density at radius 2 is 2.23 bits per heavy atom. The Morgan fingerprint density at radius 1 is 1.62 bits per heavy atom. The van der Waals surface area contributed by atoms with Crippen LogP contribution in [0.4, 0.5) is 4.79 Å². The average molecular weight is 182 g/mol. The number of nitrogens with two attached hydrogens (primary N) is 1. The van der Waals surface area contributed by atoms with Gasteiger partial charge in [-0.3, -0.25) is 14.8 Å². The summed E-state index contributed by atoms with van der Waals surface area (Å²) in [5, 5.41) is 5.81. The molecule has 1 rings (SSSR count). The molecule has 3 amide bonds. The topological polar surface area (TPSA) is 90.0 Å². The quantitative estimate of drug-likeness (QED) is 0.615. The number of aryl methyl sites for hydroxylation is 1. The first-order valence-electron chi connectivity index (χ1n) is 3.61. The molecular formula is C7H10N4O2. The third kappa shape index (κ3) is 1.84. The van der Waals surface area contributed by atoms with Crippen molar-refractivity contribution in [2.75, 3.05) is 0 Å². The number of aromatic nitrogens is 2. The standard InChI is InChI=1S/C7H10N4O2/c1-4-5(3-9-11(4)2)6(12)10-7(8)13/h3H,1-2H3,(H3,8,10,12,13). The number of primary amides is 1. The van der Waals surface area contributed by atoms with Crippen molar-refractivity contribution in [3.8, 4) is 0 Å². The van der Waals surface area contributed by atoms with Crippen LogP contribution in [0.2, 0.25) is 0 Å². The van der Waals surface area contributed by atoms with Gasteiger partial charge in [-0.25, -0.2) is 4.79 Å². The van der Waals surface area contributed by atoms with E-state index in [-0.39, 0.29) is 0 Å². The van der Waals surface area contributed by atoms with E-state index in [0.717, 1.165) is 0 Å². The van der Waals surface area contributed by atoms with Gasteiger partial charge < -0.3 is 5.73 Å². The maximum atomic E-state index is 11.2. The van der Waals surface area contributed by atoms with Crippen molar-refractivity contribution in [3.05, 3.63) is 17.5 Å². The molecule has 3 N–H and O–H groups in total. The van der Waals surface area contributed by atoms with Crippen LogP contribution in [0.3, 0.4) is 0 Å². The van der Waals surface area contributed by atoms with Crippen LogP contribution in [0.1, 0.15) is 16.1 Å². The molecule has 0 aliphatic carbocycles. The Hall–Kier alpha value is -1.85. The molecule has 0 aliphatic heterocycles. The number of imide groups is 1. The highest BCUT2D eigenvalue weighted by Gasteiger charge is 2.13. The van der Waals surface area contributed by atoms with Crippen LogP contribution in [-0.4, -0.2) is 21.7 Å². The van der Waals surface area contributed by atoms with Crippen molar-refractivity contribution in [2.45, 2.75) is 6.92 Å². The zero-order valence-corrected chi connectivity index (χ0v) is 7.37. The molecule has 0 atom stereocenters. The summed E-state index contributed by atoms with van der Waals surface area (Å²) in [6.45, 7) is 1.73. The molecule has 0 unspecified atom stereocenters. The van der Waals surface area contributed by atoms with Gasteiger partial charge in [0.1, 0.15) is 0 Å². The second kappa shape index (κ2) is 3.26. The molecule has 0 aliphatic rings. The molecule has 13 heavy (non-hydrogen) atoms. The van der Waals surface area contributed by atoms with E-state index in [4.69, 9.17) is 5.73 Å². The minimum atomic E-state index is -0.867. The van der Waals surface area contributed by atoms with Gasteiger partial charge in [0.2, 0.25) is 0 Å². The van der Waals surface area contributed by atoms with Crippen molar-refractivity contribution >= 4 is 11.9 Å². The van der Waals surface area contributed by atoms with E-state index in [0.29, 0.717) is 11.3 Å². The predicted octanol–water partition coefficient (Wildman–Crippen LogP) is -0.463. The lowest BCUT2D eigenvalue weighted by Crippen LogP contribution is -2.35. The fourth-order valence-electron chi connectivity index (χ4n) is 0.901. The molecule has 0 spiro atoms. The smallest absolute Gasteiger partial charge is 0.319 e. The zero-order chi connectivity index (χ0) is 10.0. The summed E-state index contributed by atoms with van der Waals surface area (Å²) in [6.07, 6.45) is 1.38. The van der Waals surface area contributed by atoms with Crippen molar-refractivity contribution in [1.29, 1.82) is 0 Å². The summed E-state index contributed by atoms with van der Waals surface area (Å²) in [6, 6.07) is -0.867. The number of rotatable bonds is 1. The number of carbonyl (C=O) groups excluding carboxylic acids is 2. The number of nitrogens with one attached hydrogen (secondary N) is 1. The van der Waals surface area contributed by atoms with E-state index in [9.17, 15) is 9.59 Å². The highest BCUT2D eigenvalue weighted by atomic mass is 16.2. The minimum absolute atomic E-state index is 0.348. The van der Waals surface area contributed by atoms with Gasteiger partial charge in [-0.2, -0.15) is 5.10 Å². The molecule has 0 saturated heterocycles. The first kappa shape index (κ1) is 9.24. The van der Waals surface area contributed by atoms with E-state index in [2.05, 4.69) is 5.10 Å². The molecule has 1 aromatic rings. The Balaban J connectivity index is 2.89. The van der Waals surface area contributed by atoms with Gasteiger partial charge >= 0.3 is 6.03 Å². The van der Waals surface area contributed by atoms with Gasteiger partial charge in [0, 0.05) is 12.7 Å². The number of amides is 3. The highest BCUT2D eigenvalue weighted by molar-refractivity contribution is 6.04. The van der Waals surface area contributed by atoms with E-state index in [1.807, 2.05) is 5.32 Å². The molecule has 1 aromatic heterocycles. The third-order valence-corrected chi connectivity index (χ3v) is 1.72. The lowest BCUT2D eigenvalue weighted by atomic mass is 10.2. The Bertz CT molecular complexity index is 355. The van der Waals surface area contributed by atoms with Crippen molar-refractivity contribution in [3.63, 3.8) is 0 Å². The summed E-state index contributed by atoms with van der Waals surface area (Å²) in [4.78, 5) is 21.6. The van der Waals surface area contributed by atoms with Crippen LogP contribution in [-0.2, 0) is 7.05 Å². The van der Waals surface area contributed by atoms with Gasteiger partial charge in [0.25, 0.3) is 5.91 Å². The van der Waals surface area contributed by atoms with Gasteiger partial charge in [0.15, 0.2) is 0 Å². The Labute approximate surface area is 74.7 Å². The van der Waals surface area contributed by atoms with Gasteiger partial charge in [-0.1, -0.05) is 0 Å². The molecule has 6 nitrogen and oxygen atoms in total. The van der Waals surface area contributed by atoms with Crippen molar-refractivity contribution < 1.29 is 9.59 Å².